The molecule has 0 aliphatic rings. The second-order valence-corrected chi connectivity index (χ2v) is 5.72. The van der Waals surface area contributed by atoms with E-state index in [-0.39, 0.29) is 0 Å². The Labute approximate surface area is 112 Å². The van der Waals surface area contributed by atoms with Crippen molar-refractivity contribution in [1.29, 1.82) is 0 Å². The van der Waals surface area contributed by atoms with Crippen molar-refractivity contribution in [3.8, 4) is 0 Å². The quantitative estimate of drug-likeness (QED) is 0.870. The number of para-hydroxylation sites is 1. The number of hydrogen-bond acceptors (Lipinski definition) is 4. The number of aromatic nitrogens is 1. The lowest BCUT2D eigenvalue weighted by Crippen LogP contribution is -2.20. The first-order valence-electron chi connectivity index (χ1n) is 6.26. The third kappa shape index (κ3) is 3.07. The van der Waals surface area contributed by atoms with Gasteiger partial charge in [0.1, 0.15) is 5.01 Å². The van der Waals surface area contributed by atoms with Crippen LogP contribution >= 0.6 is 11.3 Å². The van der Waals surface area contributed by atoms with Crippen LogP contribution in [-0.2, 0) is 4.74 Å². The summed E-state index contributed by atoms with van der Waals surface area (Å²) in [5.74, 6) is 0.527. The summed E-state index contributed by atoms with van der Waals surface area (Å²) in [6.07, 6.45) is 1.05. The molecular weight excluding hydrogens is 244 g/mol. The molecule has 2 atom stereocenters. The van der Waals surface area contributed by atoms with Gasteiger partial charge in [-0.2, -0.15) is 0 Å². The highest BCUT2D eigenvalue weighted by atomic mass is 32.1. The maximum absolute atomic E-state index is 5.20. The van der Waals surface area contributed by atoms with Gasteiger partial charge in [-0.15, -0.1) is 11.3 Å². The van der Waals surface area contributed by atoms with Gasteiger partial charge in [-0.25, -0.2) is 4.98 Å². The Morgan fingerprint density at radius 1 is 1.39 bits per heavy atom. The van der Waals surface area contributed by atoms with Crippen molar-refractivity contribution in [3.05, 3.63) is 29.3 Å². The van der Waals surface area contributed by atoms with Crippen LogP contribution in [0.15, 0.2) is 24.3 Å². The van der Waals surface area contributed by atoms with E-state index in [0.717, 1.165) is 18.5 Å². The summed E-state index contributed by atoms with van der Waals surface area (Å²) >= 11 is 1.78. The molecule has 0 saturated carbocycles. The summed E-state index contributed by atoms with van der Waals surface area (Å²) in [7, 11) is 3.75. The molecule has 18 heavy (non-hydrogen) atoms. The molecule has 2 unspecified atom stereocenters. The van der Waals surface area contributed by atoms with Crippen LogP contribution < -0.4 is 5.32 Å². The first-order chi connectivity index (χ1) is 8.74. The standard InChI is InChI=1S/C14H20N2OS/c1-10(9-17-3)8-12(15-2)14-16-11-6-4-5-7-13(11)18-14/h4-7,10,12,15H,8-9H2,1-3H3. The minimum absolute atomic E-state index is 0.313. The normalized spacial score (nSPS) is 14.8. The van der Waals surface area contributed by atoms with Crippen LogP contribution in [0.2, 0.25) is 0 Å². The number of ether oxygens (including phenoxy) is 1. The maximum Gasteiger partial charge on any atom is 0.111 e. The third-order valence-corrected chi connectivity index (χ3v) is 4.20. The minimum Gasteiger partial charge on any atom is -0.384 e. The molecule has 0 aliphatic heterocycles. The number of benzene rings is 1. The zero-order valence-electron chi connectivity index (χ0n) is 11.1. The molecule has 0 spiro atoms. The van der Waals surface area contributed by atoms with Gasteiger partial charge in [-0.05, 0) is 31.5 Å². The summed E-state index contributed by atoms with van der Waals surface area (Å²) in [6.45, 7) is 3.00. The lowest BCUT2D eigenvalue weighted by atomic mass is 10.0. The molecule has 0 radical (unpaired) electrons. The predicted octanol–water partition coefficient (Wildman–Crippen LogP) is 3.23. The summed E-state index contributed by atoms with van der Waals surface area (Å²) in [5.41, 5.74) is 1.09. The largest absolute Gasteiger partial charge is 0.384 e. The second kappa shape index (κ2) is 6.27. The van der Waals surface area contributed by atoms with Crippen molar-refractivity contribution in [3.63, 3.8) is 0 Å². The number of fused-ring (bicyclic) bond motifs is 1. The van der Waals surface area contributed by atoms with Gasteiger partial charge in [0.05, 0.1) is 16.3 Å². The summed E-state index contributed by atoms with van der Waals surface area (Å²) in [5, 5.41) is 4.53. The van der Waals surface area contributed by atoms with Crippen LogP contribution in [0.1, 0.15) is 24.4 Å². The van der Waals surface area contributed by atoms with Crippen LogP contribution in [0.4, 0.5) is 0 Å². The van der Waals surface area contributed by atoms with Crippen molar-refractivity contribution in [2.75, 3.05) is 20.8 Å². The maximum atomic E-state index is 5.20. The number of hydrogen-bond donors (Lipinski definition) is 1. The van der Waals surface area contributed by atoms with E-state index in [9.17, 15) is 0 Å². The fourth-order valence-corrected chi connectivity index (χ4v) is 3.23. The van der Waals surface area contributed by atoms with Crippen LogP contribution in [0, 0.1) is 5.92 Å². The predicted molar refractivity (Wildman–Crippen MR) is 77.1 cm³/mol. The van der Waals surface area contributed by atoms with Gasteiger partial charge in [-0.1, -0.05) is 19.1 Å². The number of thiazole rings is 1. The Hall–Kier alpha value is -0.970. The molecule has 0 bridgehead atoms. The summed E-state index contributed by atoms with van der Waals surface area (Å²) in [6, 6.07) is 8.61. The van der Waals surface area contributed by atoms with E-state index in [1.165, 1.54) is 9.71 Å². The fourth-order valence-electron chi connectivity index (χ4n) is 2.14. The lowest BCUT2D eigenvalue weighted by Gasteiger charge is -2.17. The van der Waals surface area contributed by atoms with Crippen molar-refractivity contribution in [1.82, 2.24) is 10.3 Å². The van der Waals surface area contributed by atoms with E-state index in [0.29, 0.717) is 12.0 Å². The number of rotatable bonds is 6. The average Bonchev–Trinajstić information content (AvgIpc) is 2.79. The SMILES string of the molecule is CNC(CC(C)COC)c1nc2ccccc2s1. The zero-order chi connectivity index (χ0) is 13.0. The summed E-state index contributed by atoms with van der Waals surface area (Å²) < 4.78 is 6.46. The molecule has 1 aromatic heterocycles. The second-order valence-electron chi connectivity index (χ2n) is 4.66. The van der Waals surface area contributed by atoms with E-state index in [1.807, 2.05) is 13.1 Å². The molecule has 1 aromatic carbocycles. The Balaban J connectivity index is 2.16. The van der Waals surface area contributed by atoms with E-state index >= 15 is 0 Å². The molecule has 0 amide bonds. The lowest BCUT2D eigenvalue weighted by molar-refractivity contribution is 0.150. The number of methoxy groups -OCH3 is 1. The van der Waals surface area contributed by atoms with Gasteiger partial charge in [0, 0.05) is 13.7 Å². The topological polar surface area (TPSA) is 34.1 Å². The molecule has 0 saturated heterocycles. The molecule has 0 aliphatic carbocycles. The van der Waals surface area contributed by atoms with Gasteiger partial charge in [-0.3, -0.25) is 0 Å². The molecule has 98 valence electrons. The molecule has 1 heterocycles. The van der Waals surface area contributed by atoms with E-state index in [4.69, 9.17) is 9.72 Å². The highest BCUT2D eigenvalue weighted by Crippen LogP contribution is 2.29. The number of nitrogens with one attached hydrogen (secondary N) is 1. The Morgan fingerprint density at radius 2 is 2.17 bits per heavy atom. The molecule has 0 fully saturated rings. The molecule has 3 nitrogen and oxygen atoms in total. The van der Waals surface area contributed by atoms with Crippen molar-refractivity contribution in [2.24, 2.45) is 5.92 Å². The number of nitrogens with zero attached hydrogens (tertiary/aromatic N) is 1. The van der Waals surface area contributed by atoms with Crippen molar-refractivity contribution in [2.45, 2.75) is 19.4 Å². The first-order valence-corrected chi connectivity index (χ1v) is 7.08. The molecule has 1 N–H and O–H groups in total. The Kier molecular flexibility index (Phi) is 4.69. The smallest absolute Gasteiger partial charge is 0.111 e. The Morgan fingerprint density at radius 3 is 2.83 bits per heavy atom. The average molecular weight is 264 g/mol. The zero-order valence-corrected chi connectivity index (χ0v) is 12.0. The highest BCUT2D eigenvalue weighted by Gasteiger charge is 2.17. The van der Waals surface area contributed by atoms with Gasteiger partial charge < -0.3 is 10.1 Å². The van der Waals surface area contributed by atoms with Crippen LogP contribution in [0.5, 0.6) is 0 Å². The summed E-state index contributed by atoms with van der Waals surface area (Å²) in [4.78, 5) is 4.71. The van der Waals surface area contributed by atoms with Crippen LogP contribution in [-0.4, -0.2) is 25.7 Å². The van der Waals surface area contributed by atoms with Gasteiger partial charge >= 0.3 is 0 Å². The fraction of sp³-hybridized carbons (Fsp3) is 0.500. The molecular formula is C14H20N2OS. The van der Waals surface area contributed by atoms with Crippen LogP contribution in [0.25, 0.3) is 10.2 Å². The molecule has 2 rings (SSSR count). The van der Waals surface area contributed by atoms with E-state index < -0.39 is 0 Å². The van der Waals surface area contributed by atoms with E-state index in [2.05, 4.69) is 30.4 Å². The Bertz CT molecular complexity index is 464. The van der Waals surface area contributed by atoms with Gasteiger partial charge in [0.2, 0.25) is 0 Å². The van der Waals surface area contributed by atoms with Crippen molar-refractivity contribution >= 4 is 21.6 Å². The highest BCUT2D eigenvalue weighted by molar-refractivity contribution is 7.18. The van der Waals surface area contributed by atoms with Gasteiger partial charge in [0.15, 0.2) is 0 Å². The van der Waals surface area contributed by atoms with E-state index in [1.54, 1.807) is 18.4 Å². The van der Waals surface area contributed by atoms with Crippen molar-refractivity contribution < 1.29 is 4.74 Å². The third-order valence-electron chi connectivity index (χ3n) is 3.05. The minimum atomic E-state index is 0.313. The monoisotopic (exact) mass is 264 g/mol. The van der Waals surface area contributed by atoms with Crippen LogP contribution in [0.3, 0.4) is 0 Å². The molecule has 2 aromatic rings. The molecule has 4 heteroatoms. The van der Waals surface area contributed by atoms with Gasteiger partial charge in [0.25, 0.3) is 0 Å². The first kappa shape index (κ1) is 13.5.